The third kappa shape index (κ3) is 3.63. The molecule has 7 heteroatoms. The molecule has 2 heterocycles. The molecule has 0 bridgehead atoms. The van der Waals surface area contributed by atoms with Gasteiger partial charge in [-0.1, -0.05) is 0 Å². The van der Waals surface area contributed by atoms with Gasteiger partial charge in [0.15, 0.2) is 0 Å². The number of phenols is 1. The van der Waals surface area contributed by atoms with Crippen LogP contribution >= 0.6 is 0 Å². The second-order valence-electron chi connectivity index (χ2n) is 7.60. The highest BCUT2D eigenvalue weighted by molar-refractivity contribution is 5.87. The highest BCUT2D eigenvalue weighted by Crippen LogP contribution is 2.28. The predicted molar refractivity (Wildman–Crippen MR) is 113 cm³/mol. The maximum absolute atomic E-state index is 13.1. The fourth-order valence-corrected chi connectivity index (χ4v) is 3.91. The van der Waals surface area contributed by atoms with Gasteiger partial charge in [0.1, 0.15) is 17.1 Å². The first-order valence-electron chi connectivity index (χ1n) is 9.88. The molecule has 0 aliphatic carbocycles. The number of hydrogen-bond acceptors (Lipinski definition) is 5. The summed E-state index contributed by atoms with van der Waals surface area (Å²) >= 11 is 0. The minimum Gasteiger partial charge on any atom is -0.508 e. The van der Waals surface area contributed by atoms with Crippen molar-refractivity contribution >= 4 is 22.6 Å². The Bertz CT molecular complexity index is 1160. The molecule has 0 saturated carbocycles. The first-order chi connectivity index (χ1) is 14.3. The van der Waals surface area contributed by atoms with Crippen molar-refractivity contribution < 1.29 is 18.7 Å². The summed E-state index contributed by atoms with van der Waals surface area (Å²) in [6.45, 7) is 5.82. The zero-order valence-corrected chi connectivity index (χ0v) is 16.9. The largest absolute Gasteiger partial charge is 0.508 e. The van der Waals surface area contributed by atoms with Crippen molar-refractivity contribution in [3.05, 3.63) is 69.3 Å². The van der Waals surface area contributed by atoms with Crippen LogP contribution in [0, 0.1) is 19.7 Å². The van der Waals surface area contributed by atoms with Crippen molar-refractivity contribution in [2.45, 2.75) is 20.3 Å². The van der Waals surface area contributed by atoms with Gasteiger partial charge >= 0.3 is 5.63 Å². The van der Waals surface area contributed by atoms with Crippen LogP contribution in [0.4, 0.5) is 10.1 Å². The molecule has 1 aliphatic heterocycles. The fourth-order valence-electron chi connectivity index (χ4n) is 3.91. The molecule has 30 heavy (non-hydrogen) atoms. The molecule has 1 saturated heterocycles. The summed E-state index contributed by atoms with van der Waals surface area (Å²) in [5.74, 6) is -0.338. The summed E-state index contributed by atoms with van der Waals surface area (Å²) in [7, 11) is 0. The normalized spacial score (nSPS) is 14.4. The zero-order chi connectivity index (χ0) is 21.4. The van der Waals surface area contributed by atoms with E-state index >= 15 is 0 Å². The summed E-state index contributed by atoms with van der Waals surface area (Å²) in [4.78, 5) is 29.2. The van der Waals surface area contributed by atoms with E-state index in [2.05, 4.69) is 4.90 Å². The quantitative estimate of drug-likeness (QED) is 0.672. The molecule has 6 nitrogen and oxygen atoms in total. The highest BCUT2D eigenvalue weighted by Gasteiger charge is 2.24. The monoisotopic (exact) mass is 410 g/mol. The molecule has 1 fully saturated rings. The second-order valence-corrected chi connectivity index (χ2v) is 7.60. The Hall–Kier alpha value is -3.35. The number of nitrogens with zero attached hydrogens (tertiary/aromatic N) is 2. The van der Waals surface area contributed by atoms with Gasteiger partial charge in [-0.25, -0.2) is 9.18 Å². The number of hydrogen-bond donors (Lipinski definition) is 1. The number of anilines is 1. The second kappa shape index (κ2) is 7.82. The van der Waals surface area contributed by atoms with Crippen LogP contribution in [-0.4, -0.2) is 42.1 Å². The number of amides is 1. The molecule has 0 atom stereocenters. The van der Waals surface area contributed by atoms with Crippen LogP contribution in [0.2, 0.25) is 0 Å². The Labute approximate surface area is 173 Å². The molecule has 2 aromatic carbocycles. The average molecular weight is 410 g/mol. The number of aromatic hydroxyl groups is 1. The van der Waals surface area contributed by atoms with Crippen molar-refractivity contribution in [2.75, 3.05) is 31.1 Å². The average Bonchev–Trinajstić information content (AvgIpc) is 2.74. The Kier molecular flexibility index (Phi) is 5.20. The number of halogens is 1. The predicted octanol–water partition coefficient (Wildman–Crippen LogP) is 3.15. The number of fused-ring (bicyclic) bond motifs is 1. The lowest BCUT2D eigenvalue weighted by molar-refractivity contribution is -0.130. The van der Waals surface area contributed by atoms with Crippen LogP contribution in [-0.2, 0) is 11.2 Å². The lowest BCUT2D eigenvalue weighted by Gasteiger charge is -2.36. The number of aryl methyl sites for hydroxylation is 2. The third-order valence-corrected chi connectivity index (χ3v) is 5.83. The molecule has 0 spiro atoms. The Morgan fingerprint density at radius 2 is 1.70 bits per heavy atom. The number of carbonyl (C=O) groups is 1. The summed E-state index contributed by atoms with van der Waals surface area (Å²) < 4.78 is 18.5. The van der Waals surface area contributed by atoms with Crippen molar-refractivity contribution in [3.63, 3.8) is 0 Å². The third-order valence-electron chi connectivity index (χ3n) is 5.83. The van der Waals surface area contributed by atoms with Crippen LogP contribution in [0.25, 0.3) is 11.0 Å². The summed E-state index contributed by atoms with van der Waals surface area (Å²) in [6.07, 6.45) is -0.0272. The molecule has 1 aliphatic rings. The molecule has 0 radical (unpaired) electrons. The Morgan fingerprint density at radius 3 is 2.37 bits per heavy atom. The number of benzene rings is 2. The number of carbonyl (C=O) groups excluding carboxylic acids is 1. The standard InChI is InChI=1S/C23H23FN2O4/c1-14-18-7-8-20(27)15(2)22(18)30-23(29)19(14)13-21(28)26-11-9-25(10-12-26)17-5-3-16(24)4-6-17/h3-8,27H,9-13H2,1-2H3. The van der Waals surface area contributed by atoms with Gasteiger partial charge in [0.2, 0.25) is 5.91 Å². The molecule has 3 aromatic rings. The van der Waals surface area contributed by atoms with Crippen molar-refractivity contribution in [1.82, 2.24) is 4.90 Å². The molecule has 1 N–H and O–H groups in total. The maximum atomic E-state index is 13.1. The van der Waals surface area contributed by atoms with E-state index in [1.807, 2.05) is 0 Å². The molecular formula is C23H23FN2O4. The first-order valence-corrected chi connectivity index (χ1v) is 9.88. The molecule has 1 aromatic heterocycles. The highest BCUT2D eigenvalue weighted by atomic mass is 19.1. The van der Waals surface area contributed by atoms with Gasteiger partial charge in [-0.2, -0.15) is 0 Å². The number of phenolic OH excluding ortho intramolecular Hbond substituents is 1. The van der Waals surface area contributed by atoms with Gasteiger partial charge in [0.25, 0.3) is 0 Å². The molecular weight excluding hydrogens is 387 g/mol. The lowest BCUT2D eigenvalue weighted by atomic mass is 10.0. The van der Waals surface area contributed by atoms with Gasteiger partial charge in [0, 0.05) is 42.8 Å². The summed E-state index contributed by atoms with van der Waals surface area (Å²) in [6, 6.07) is 9.58. The van der Waals surface area contributed by atoms with Crippen LogP contribution in [0.3, 0.4) is 0 Å². The van der Waals surface area contributed by atoms with E-state index in [-0.39, 0.29) is 23.9 Å². The van der Waals surface area contributed by atoms with Gasteiger partial charge in [-0.15, -0.1) is 0 Å². The van der Waals surface area contributed by atoms with Crippen LogP contribution in [0.15, 0.2) is 45.6 Å². The van der Waals surface area contributed by atoms with E-state index in [4.69, 9.17) is 4.42 Å². The smallest absolute Gasteiger partial charge is 0.340 e. The summed E-state index contributed by atoms with van der Waals surface area (Å²) in [5.41, 5.74) is 2.27. The van der Waals surface area contributed by atoms with Crippen LogP contribution in [0.5, 0.6) is 5.75 Å². The molecule has 156 valence electrons. The van der Waals surface area contributed by atoms with E-state index in [0.29, 0.717) is 53.8 Å². The molecule has 1 amide bonds. The zero-order valence-electron chi connectivity index (χ0n) is 16.9. The maximum Gasteiger partial charge on any atom is 0.340 e. The van der Waals surface area contributed by atoms with Gasteiger partial charge in [-0.05, 0) is 55.8 Å². The van der Waals surface area contributed by atoms with E-state index in [9.17, 15) is 19.1 Å². The van der Waals surface area contributed by atoms with E-state index < -0.39 is 5.63 Å². The molecule has 0 unspecified atom stereocenters. The lowest BCUT2D eigenvalue weighted by Crippen LogP contribution is -2.49. The van der Waals surface area contributed by atoms with Gasteiger partial charge in [-0.3, -0.25) is 4.79 Å². The first kappa shape index (κ1) is 19.9. The van der Waals surface area contributed by atoms with Gasteiger partial charge < -0.3 is 19.3 Å². The van der Waals surface area contributed by atoms with Gasteiger partial charge in [0.05, 0.1) is 12.0 Å². The fraction of sp³-hybridized carbons (Fsp3) is 0.304. The minimum atomic E-state index is -0.549. The minimum absolute atomic E-state index is 0.0272. The summed E-state index contributed by atoms with van der Waals surface area (Å²) in [5, 5.41) is 10.6. The Morgan fingerprint density at radius 1 is 1.03 bits per heavy atom. The topological polar surface area (TPSA) is 74.0 Å². The van der Waals surface area contributed by atoms with Crippen molar-refractivity contribution in [1.29, 1.82) is 0 Å². The van der Waals surface area contributed by atoms with Crippen LogP contribution < -0.4 is 10.5 Å². The molecule has 4 rings (SSSR count). The van der Waals surface area contributed by atoms with Crippen molar-refractivity contribution in [2.24, 2.45) is 0 Å². The van der Waals surface area contributed by atoms with E-state index in [0.717, 1.165) is 5.69 Å². The van der Waals surface area contributed by atoms with Crippen molar-refractivity contribution in [3.8, 4) is 5.75 Å². The van der Waals surface area contributed by atoms with E-state index in [1.54, 1.807) is 43.0 Å². The SMILES string of the molecule is Cc1c(CC(=O)N2CCN(c3ccc(F)cc3)CC2)c(=O)oc2c(C)c(O)ccc12. The number of rotatable bonds is 3. The Balaban J connectivity index is 1.49. The number of piperazine rings is 1. The van der Waals surface area contributed by atoms with Crippen LogP contribution in [0.1, 0.15) is 16.7 Å². The van der Waals surface area contributed by atoms with E-state index in [1.165, 1.54) is 12.1 Å².